The predicted molar refractivity (Wildman–Crippen MR) is 531 cm³/mol. The lowest BCUT2D eigenvalue weighted by Crippen LogP contribution is -2.62. The average Bonchev–Trinajstić information content (AvgIpc) is 1.54. The third kappa shape index (κ3) is 40.0. The number of aliphatic hydroxyl groups is 3. The van der Waals surface area contributed by atoms with Crippen LogP contribution in [0.15, 0.2) is 25.0 Å². The van der Waals surface area contributed by atoms with Gasteiger partial charge in [0, 0.05) is 98.6 Å². The highest BCUT2D eigenvalue weighted by Crippen LogP contribution is 2.25. The molecule has 808 valence electrons. The Kier molecular flexibility index (Phi) is 50.8. The van der Waals surface area contributed by atoms with Crippen molar-refractivity contribution in [1.29, 1.82) is 10.8 Å². The molecule has 54 nitrogen and oxygen atoms in total. The first kappa shape index (κ1) is 121. The van der Waals surface area contributed by atoms with Gasteiger partial charge in [0.25, 0.3) is 0 Å². The summed E-state index contributed by atoms with van der Waals surface area (Å²) in [6.07, 6.45) is 3.14. The van der Waals surface area contributed by atoms with Gasteiger partial charge < -0.3 is 158 Å². The van der Waals surface area contributed by atoms with Gasteiger partial charge in [-0.3, -0.25) is 107 Å². The van der Waals surface area contributed by atoms with Crippen molar-refractivity contribution >= 4 is 165 Å². The van der Waals surface area contributed by atoms with Gasteiger partial charge in [0.15, 0.2) is 11.9 Å². The predicted octanol–water partition coefficient (Wildman–Crippen LogP) is -9.90. The topological polar surface area (TPSA) is 829 Å². The maximum atomic E-state index is 15.1. The molecule has 32 N–H and O–H groups in total. The molecule has 6 rings (SSSR count). The molecule has 4 bridgehead atoms. The summed E-state index contributed by atoms with van der Waals surface area (Å²) in [5.41, 5.74) is 23.0. The first-order chi connectivity index (χ1) is 68.7. The maximum absolute atomic E-state index is 15.1. The minimum absolute atomic E-state index is 0.00162. The molecule has 18 unspecified atom stereocenters. The van der Waals surface area contributed by atoms with Crippen LogP contribution >= 0.6 is 35.3 Å². The lowest BCUT2D eigenvalue weighted by Gasteiger charge is -2.42. The molecule has 4 saturated heterocycles. The van der Waals surface area contributed by atoms with E-state index in [1.165, 1.54) is 48.7 Å². The molecule has 2 aromatic rings. The second kappa shape index (κ2) is 60.9. The van der Waals surface area contributed by atoms with Gasteiger partial charge in [-0.25, -0.2) is 9.97 Å². The summed E-state index contributed by atoms with van der Waals surface area (Å²) in [4.78, 5) is 311. The molecule has 2 aromatic heterocycles. The first-order valence-electron chi connectivity index (χ1n) is 48.1. The van der Waals surface area contributed by atoms with E-state index >= 15 is 24.0 Å². The Labute approximate surface area is 851 Å². The molecule has 4 fully saturated rings. The van der Waals surface area contributed by atoms with Gasteiger partial charge >= 0.3 is 0 Å². The van der Waals surface area contributed by atoms with Crippen LogP contribution in [0.3, 0.4) is 0 Å². The largest absolute Gasteiger partial charge is 0.394 e. The van der Waals surface area contributed by atoms with Crippen LogP contribution in [0.25, 0.3) is 0 Å². The van der Waals surface area contributed by atoms with E-state index in [0.717, 1.165) is 45.1 Å². The van der Waals surface area contributed by atoms with E-state index in [9.17, 15) is 87.2 Å². The van der Waals surface area contributed by atoms with Crippen molar-refractivity contribution in [1.82, 2.24) is 130 Å². The van der Waals surface area contributed by atoms with E-state index in [4.69, 9.17) is 33.8 Å². The van der Waals surface area contributed by atoms with Crippen molar-refractivity contribution in [3.8, 4) is 0 Å². The summed E-state index contributed by atoms with van der Waals surface area (Å²) in [6.45, 7) is 10.8. The van der Waals surface area contributed by atoms with E-state index in [0.29, 0.717) is 0 Å². The van der Waals surface area contributed by atoms with Gasteiger partial charge in [-0.2, -0.15) is 35.3 Å². The van der Waals surface area contributed by atoms with Crippen LogP contribution in [0.5, 0.6) is 0 Å². The third-order valence-electron chi connectivity index (χ3n) is 23.8. The van der Waals surface area contributed by atoms with Crippen LogP contribution in [0.4, 0.5) is 0 Å². The first-order valence-corrected chi connectivity index (χ1v) is 51.6. The Bertz CT molecular complexity index is 4770. The monoisotopic (exact) mass is 2100 g/mol. The van der Waals surface area contributed by atoms with E-state index in [1.807, 2.05) is 0 Å². The van der Waals surface area contributed by atoms with Gasteiger partial charge in [-0.1, -0.05) is 61.8 Å². The van der Waals surface area contributed by atoms with Crippen LogP contribution in [0, 0.1) is 34.5 Å². The second-order valence-electron chi connectivity index (χ2n) is 36.9. The van der Waals surface area contributed by atoms with Crippen molar-refractivity contribution in [2.75, 3.05) is 94.0 Å². The number of rotatable bonds is 27. The molecule has 6 heterocycles. The molecular weight excluding hydrogens is 1960 g/mol. The number of amides is 20. The Morgan fingerprint density at radius 3 is 1.33 bits per heavy atom. The Hall–Kier alpha value is -12.7. The number of nitrogens with zero attached hydrogens (tertiary/aromatic N) is 6. The summed E-state index contributed by atoms with van der Waals surface area (Å²) in [5, 5.41) is 91.7. The number of aromatic nitrogens is 4. The van der Waals surface area contributed by atoms with Gasteiger partial charge in [0.1, 0.15) is 96.7 Å². The number of imidazole rings is 2. The molecule has 20 amide bonds. The summed E-state index contributed by atoms with van der Waals surface area (Å²) >= 11 is 2.75. The minimum Gasteiger partial charge on any atom is -0.394 e. The number of aliphatic hydroxyl groups excluding tert-OH is 3. The van der Waals surface area contributed by atoms with E-state index < -0.39 is 315 Å². The molecular formula is C88H145N31O23S3. The van der Waals surface area contributed by atoms with Gasteiger partial charge in [0.05, 0.1) is 69.9 Å². The standard InChI is InChI=1S/C88H145N31O23S3/c1-11-47(8)69-85(141)106-56(30-51-32-96-40-100-51)76(132)112-61(80(136)101-49(10)70(90)126)36-143-24-18-65(123)116-41-117-43-118(42-116)67(125)20-26-145-38-63(111-71(127)48(9)89)82(138)114-68(46(6)7)84(140)103-52(15-12-21-97-87(91)92)72(128)108-58(33-120)78(134)105-55(29-50-31-95-39-99-50)75(131)113-62(37-144-25-19-66(117)124)81(137)110-60(35-122)79(135)109-59(34-121)77(133)104-54(27-44(2)3)74(130)107-57(28-45(4)5)86(142)119-23-14-17-64(119)83(139)102-53(73(129)115-69)16-13-22-98-88(93)94/h31-32,39-40,44-49,52-64,68-69,120-122H,11-30,33-38,41-43,89H2,1-10H3,(H2,90,126)(H,95,99)(H,96,100)(H,101,136)(H,102,139)(H,103,140)(H,104,133)(H,105,134)(H,106,141)(H,107,130)(H,108,128)(H,109,135)(H,110,137)(H,111,127)(H,112,132)(H,113,131)(H,114,138)(H,115,129)(H4,91,92,97)(H4,93,94,98). The number of primary amides is 1. The van der Waals surface area contributed by atoms with Crippen molar-refractivity contribution in [2.24, 2.45) is 46.6 Å². The second-order valence-corrected chi connectivity index (χ2v) is 40.4. The number of nitrogens with two attached hydrogens (primary N) is 4. The number of thioether (sulfide) groups is 3. The number of guanidine groups is 2. The molecule has 0 aromatic carbocycles. The number of carbonyl (C=O) groups is 20. The lowest BCUT2D eigenvalue weighted by atomic mass is 9.96. The smallest absolute Gasteiger partial charge is 0.245 e. The molecule has 18 atom stereocenters. The number of carbonyl (C=O) groups excluding carboxylic acids is 20. The number of hydrogen-bond donors (Lipinski definition) is 28. The summed E-state index contributed by atoms with van der Waals surface area (Å²) in [6, 6.07) is -27.2. The fraction of sp³-hybridized carbons (Fsp3) is 0.682. The van der Waals surface area contributed by atoms with Gasteiger partial charge in [-0.15, -0.1) is 0 Å². The molecule has 0 spiro atoms. The van der Waals surface area contributed by atoms with Crippen LogP contribution in [-0.2, 0) is 109 Å². The lowest BCUT2D eigenvalue weighted by molar-refractivity contribution is -0.158. The van der Waals surface area contributed by atoms with Gasteiger partial charge in [-0.05, 0) is 88.9 Å². The molecule has 0 aliphatic carbocycles. The van der Waals surface area contributed by atoms with Gasteiger partial charge in [0.2, 0.25) is 118 Å². The van der Waals surface area contributed by atoms with E-state index in [2.05, 4.69) is 110 Å². The molecule has 4 aliphatic rings. The zero-order valence-electron chi connectivity index (χ0n) is 83.2. The Balaban J connectivity index is 1.50. The van der Waals surface area contributed by atoms with Crippen LogP contribution in [0.1, 0.15) is 158 Å². The highest BCUT2D eigenvalue weighted by molar-refractivity contribution is 7.99. The Morgan fingerprint density at radius 1 is 0.476 bits per heavy atom. The normalized spacial score (nSPS) is 25.8. The quantitative estimate of drug-likeness (QED) is 0.0224. The summed E-state index contributed by atoms with van der Waals surface area (Å²) in [7, 11) is 0. The van der Waals surface area contributed by atoms with Crippen molar-refractivity contribution in [3.63, 3.8) is 0 Å². The van der Waals surface area contributed by atoms with E-state index in [-0.39, 0.29) is 136 Å². The number of fused-ring (bicyclic) bond motifs is 8. The molecule has 0 radical (unpaired) electrons. The van der Waals surface area contributed by atoms with Crippen LogP contribution in [-0.4, -0.2) is 382 Å². The third-order valence-corrected chi connectivity index (χ3v) is 27.0. The van der Waals surface area contributed by atoms with Crippen LogP contribution < -0.4 is 113 Å². The zero-order chi connectivity index (χ0) is 108. The zero-order valence-corrected chi connectivity index (χ0v) is 85.6. The molecule has 4 aliphatic heterocycles. The highest BCUT2D eigenvalue weighted by Gasteiger charge is 2.44. The molecule has 57 heteroatoms. The highest BCUT2D eigenvalue weighted by atomic mass is 32.2. The number of H-pyrrole nitrogens is 2. The van der Waals surface area contributed by atoms with E-state index in [1.54, 1.807) is 55.4 Å². The van der Waals surface area contributed by atoms with Crippen LogP contribution in [0.2, 0.25) is 0 Å². The van der Waals surface area contributed by atoms with Crippen molar-refractivity contribution < 1.29 is 111 Å². The summed E-state index contributed by atoms with van der Waals surface area (Å²) in [5.74, 6) is -24.3. The maximum Gasteiger partial charge on any atom is 0.245 e. The Morgan fingerprint density at radius 2 is 0.876 bits per heavy atom. The van der Waals surface area contributed by atoms with Crippen molar-refractivity contribution in [2.45, 2.75) is 262 Å². The summed E-state index contributed by atoms with van der Waals surface area (Å²) < 4.78 is 0. The molecule has 0 saturated carbocycles. The SMILES string of the molecule is CCC(C)C1NC(=O)C(CCCNC(=N)N)NC(=O)C2CCCN2C(=O)C(CC(C)C)NC(=O)C(CC(C)C)NC(=O)C(CO)NC(=O)C(CO)NC(=O)C2CSCCC(=O)N3CN(CN(C3)C(=O)CCSCC(C(=O)NC(C)C(N)=O)NC(=O)C(Cc3c[nH]cn3)NC1=O)C(=O)CCSCC(NC(=O)C(C)N)C(=O)NC(C(C)C)C(=O)NC(CCCNC(=N)N)C(=O)NC(CO)C(=O)NC(Cc1c[nH]cn1)C(=O)N2. The van der Waals surface area contributed by atoms with Crippen molar-refractivity contribution in [3.05, 3.63) is 36.4 Å². The number of aromatic amines is 2. The fourth-order valence-corrected chi connectivity index (χ4v) is 18.3. The minimum atomic E-state index is -2.06. The molecule has 145 heavy (non-hydrogen) atoms. The average molecular weight is 2100 g/mol. The number of hydrogen-bond acceptors (Lipinski definition) is 31. The number of nitrogens with one attached hydrogen (secondary N) is 21. The fourth-order valence-electron chi connectivity index (χ4n) is 15.5.